The molecule has 0 radical (unpaired) electrons. The lowest BCUT2D eigenvalue weighted by molar-refractivity contribution is -0.119. The van der Waals surface area contributed by atoms with Crippen LogP contribution >= 0.6 is 11.8 Å². The van der Waals surface area contributed by atoms with Crippen molar-refractivity contribution < 1.29 is 9.53 Å². The molecule has 1 amide bonds. The van der Waals surface area contributed by atoms with E-state index >= 15 is 0 Å². The molecule has 2 fully saturated rings. The molecule has 0 bridgehead atoms. The van der Waals surface area contributed by atoms with Crippen LogP contribution in [-0.2, 0) is 16.6 Å². The second-order valence-corrected chi connectivity index (χ2v) is 6.72. The Bertz CT molecular complexity index is 509. The van der Waals surface area contributed by atoms with Crippen LogP contribution in [0.2, 0.25) is 0 Å². The maximum absolute atomic E-state index is 12.0. The Morgan fingerprint density at radius 2 is 2.05 bits per heavy atom. The second kappa shape index (κ2) is 7.32. The van der Waals surface area contributed by atoms with Crippen LogP contribution in [-0.4, -0.2) is 58.8 Å². The van der Waals surface area contributed by atoms with E-state index in [0.717, 1.165) is 50.2 Å². The summed E-state index contributed by atoms with van der Waals surface area (Å²) in [5, 5.41) is 12.3. The lowest BCUT2D eigenvalue weighted by Gasteiger charge is -2.27. The molecular formula is C14H23N5O2S. The van der Waals surface area contributed by atoms with Crippen LogP contribution in [0.5, 0.6) is 0 Å². The fraction of sp³-hybridized carbons (Fsp3) is 0.786. The third-order valence-corrected chi connectivity index (χ3v) is 5.18. The first-order valence-electron chi connectivity index (χ1n) is 7.88. The zero-order valence-electron chi connectivity index (χ0n) is 13.0. The number of ether oxygens (including phenoxy) is 1. The van der Waals surface area contributed by atoms with Gasteiger partial charge in [0.15, 0.2) is 5.16 Å². The summed E-state index contributed by atoms with van der Waals surface area (Å²) in [5.74, 6) is 1.33. The van der Waals surface area contributed by atoms with Crippen molar-refractivity contribution in [1.82, 2.24) is 20.1 Å². The summed E-state index contributed by atoms with van der Waals surface area (Å²) in [4.78, 5) is 14.1. The second-order valence-electron chi connectivity index (χ2n) is 5.78. The summed E-state index contributed by atoms with van der Waals surface area (Å²) in [5.41, 5.74) is 0. The minimum Gasteiger partial charge on any atom is -0.378 e. The van der Waals surface area contributed by atoms with Gasteiger partial charge in [-0.1, -0.05) is 24.6 Å². The summed E-state index contributed by atoms with van der Waals surface area (Å²) in [6, 6.07) is 0.372. The average molecular weight is 325 g/mol. The van der Waals surface area contributed by atoms with Crippen molar-refractivity contribution >= 4 is 23.6 Å². The standard InChI is InChI=1S/C14H23N5O2S/c1-18-13(19-6-8-21-9-7-19)16-17-14(18)22-10-12(20)15-11-4-2-3-5-11/h11H,2-10H2,1H3,(H,15,20). The first-order valence-corrected chi connectivity index (χ1v) is 8.87. The van der Waals surface area contributed by atoms with Gasteiger partial charge < -0.3 is 15.0 Å². The number of nitrogens with one attached hydrogen (secondary N) is 1. The molecule has 0 spiro atoms. The molecule has 122 valence electrons. The normalized spacial score (nSPS) is 19.6. The zero-order chi connectivity index (χ0) is 15.4. The highest BCUT2D eigenvalue weighted by Crippen LogP contribution is 2.22. The molecule has 0 unspecified atom stereocenters. The summed E-state index contributed by atoms with van der Waals surface area (Å²) in [6.07, 6.45) is 4.68. The molecule has 1 N–H and O–H groups in total. The highest BCUT2D eigenvalue weighted by molar-refractivity contribution is 7.99. The molecule has 1 saturated carbocycles. The number of carbonyl (C=O) groups is 1. The SMILES string of the molecule is Cn1c(SCC(=O)NC2CCCC2)nnc1N1CCOCC1. The van der Waals surface area contributed by atoms with Crippen LogP contribution in [0, 0.1) is 0 Å². The number of morpholine rings is 1. The van der Waals surface area contributed by atoms with Crippen LogP contribution < -0.4 is 10.2 Å². The number of hydrogen-bond acceptors (Lipinski definition) is 6. The van der Waals surface area contributed by atoms with Crippen molar-refractivity contribution in [1.29, 1.82) is 0 Å². The van der Waals surface area contributed by atoms with Gasteiger partial charge in [-0.05, 0) is 12.8 Å². The Kier molecular flexibility index (Phi) is 5.20. The zero-order valence-corrected chi connectivity index (χ0v) is 13.8. The number of carbonyl (C=O) groups excluding carboxylic acids is 1. The van der Waals surface area contributed by atoms with E-state index in [1.54, 1.807) is 0 Å². The van der Waals surface area contributed by atoms with Crippen LogP contribution in [0.15, 0.2) is 5.16 Å². The highest BCUT2D eigenvalue weighted by Gasteiger charge is 2.20. The van der Waals surface area contributed by atoms with Crippen LogP contribution in [0.25, 0.3) is 0 Å². The van der Waals surface area contributed by atoms with E-state index in [4.69, 9.17) is 4.74 Å². The topological polar surface area (TPSA) is 72.3 Å². The van der Waals surface area contributed by atoms with E-state index in [0.29, 0.717) is 11.8 Å². The number of aromatic nitrogens is 3. The molecule has 0 aromatic carbocycles. The highest BCUT2D eigenvalue weighted by atomic mass is 32.2. The van der Waals surface area contributed by atoms with Crippen LogP contribution in [0.4, 0.5) is 5.95 Å². The minimum absolute atomic E-state index is 0.0906. The number of anilines is 1. The predicted octanol–water partition coefficient (Wildman–Crippen LogP) is 0.803. The lowest BCUT2D eigenvalue weighted by Crippen LogP contribution is -2.37. The Hall–Kier alpha value is -1.28. The van der Waals surface area contributed by atoms with Gasteiger partial charge in [0.05, 0.1) is 19.0 Å². The molecule has 0 atom stereocenters. The van der Waals surface area contributed by atoms with E-state index in [-0.39, 0.29) is 5.91 Å². The number of hydrogen-bond donors (Lipinski definition) is 1. The molecular weight excluding hydrogens is 302 g/mol. The number of amides is 1. The molecule has 1 aromatic heterocycles. The van der Waals surface area contributed by atoms with Gasteiger partial charge in [0.25, 0.3) is 0 Å². The van der Waals surface area contributed by atoms with Crippen LogP contribution in [0.3, 0.4) is 0 Å². The number of thioether (sulfide) groups is 1. The average Bonchev–Trinajstić information content (AvgIpc) is 3.16. The molecule has 2 aliphatic rings. The van der Waals surface area contributed by atoms with E-state index < -0.39 is 0 Å². The summed E-state index contributed by atoms with van der Waals surface area (Å²) in [7, 11) is 1.95. The summed E-state index contributed by atoms with van der Waals surface area (Å²) < 4.78 is 7.31. The Morgan fingerprint density at radius 1 is 1.32 bits per heavy atom. The molecule has 8 heteroatoms. The maximum atomic E-state index is 12.0. The summed E-state index contributed by atoms with van der Waals surface area (Å²) in [6.45, 7) is 3.11. The van der Waals surface area contributed by atoms with Gasteiger partial charge in [-0.15, -0.1) is 10.2 Å². The van der Waals surface area contributed by atoms with Gasteiger partial charge in [-0.25, -0.2) is 0 Å². The van der Waals surface area contributed by atoms with Crippen molar-refractivity contribution in [3.8, 4) is 0 Å². The Balaban J connectivity index is 1.51. The van der Waals surface area contributed by atoms with Crippen molar-refractivity contribution in [3.05, 3.63) is 0 Å². The van der Waals surface area contributed by atoms with Gasteiger partial charge in [-0.3, -0.25) is 9.36 Å². The van der Waals surface area contributed by atoms with Gasteiger partial charge in [0.1, 0.15) is 0 Å². The number of nitrogens with zero attached hydrogens (tertiary/aromatic N) is 4. The largest absolute Gasteiger partial charge is 0.378 e. The monoisotopic (exact) mass is 325 g/mol. The Morgan fingerprint density at radius 3 is 2.77 bits per heavy atom. The van der Waals surface area contributed by atoms with Gasteiger partial charge in [0.2, 0.25) is 11.9 Å². The third-order valence-electron chi connectivity index (χ3n) is 4.16. The van der Waals surface area contributed by atoms with Crippen molar-refractivity contribution in [2.45, 2.75) is 36.9 Å². The molecule has 22 heavy (non-hydrogen) atoms. The molecule has 1 aliphatic heterocycles. The molecule has 1 saturated heterocycles. The minimum atomic E-state index is 0.0906. The molecule has 2 heterocycles. The molecule has 1 aliphatic carbocycles. The van der Waals surface area contributed by atoms with E-state index in [1.807, 2.05) is 11.6 Å². The van der Waals surface area contributed by atoms with E-state index in [2.05, 4.69) is 20.4 Å². The van der Waals surface area contributed by atoms with E-state index in [1.165, 1.54) is 24.6 Å². The predicted molar refractivity (Wildman–Crippen MR) is 85.2 cm³/mol. The summed E-state index contributed by atoms with van der Waals surface area (Å²) >= 11 is 1.44. The maximum Gasteiger partial charge on any atom is 0.230 e. The smallest absolute Gasteiger partial charge is 0.230 e. The van der Waals surface area contributed by atoms with Gasteiger partial charge >= 0.3 is 0 Å². The van der Waals surface area contributed by atoms with E-state index in [9.17, 15) is 4.79 Å². The van der Waals surface area contributed by atoms with Gasteiger partial charge in [-0.2, -0.15) is 0 Å². The van der Waals surface area contributed by atoms with Crippen molar-refractivity contribution in [2.24, 2.45) is 7.05 Å². The van der Waals surface area contributed by atoms with Crippen molar-refractivity contribution in [2.75, 3.05) is 37.0 Å². The fourth-order valence-corrected chi connectivity index (χ4v) is 3.66. The fourth-order valence-electron chi connectivity index (χ4n) is 2.94. The van der Waals surface area contributed by atoms with Gasteiger partial charge in [0, 0.05) is 26.2 Å². The molecule has 7 nitrogen and oxygen atoms in total. The van der Waals surface area contributed by atoms with Crippen LogP contribution in [0.1, 0.15) is 25.7 Å². The van der Waals surface area contributed by atoms with Crippen molar-refractivity contribution in [3.63, 3.8) is 0 Å². The lowest BCUT2D eigenvalue weighted by atomic mass is 10.2. The Labute approximate surface area is 134 Å². The quantitative estimate of drug-likeness (QED) is 0.808. The molecule has 3 rings (SSSR count). The number of rotatable bonds is 5. The first-order chi connectivity index (χ1) is 10.7. The molecule has 1 aromatic rings. The first kappa shape index (κ1) is 15.6. The third kappa shape index (κ3) is 3.73.